The van der Waals surface area contributed by atoms with Crippen molar-refractivity contribution < 1.29 is 0 Å². The molecule has 0 aliphatic rings. The highest BCUT2D eigenvalue weighted by Crippen LogP contribution is 2.27. The Bertz CT molecular complexity index is 833. The lowest BCUT2D eigenvalue weighted by atomic mass is 10.3. The van der Waals surface area contributed by atoms with Gasteiger partial charge in [-0.25, -0.2) is 9.67 Å². The molecule has 3 aromatic heterocycles. The number of rotatable bonds is 3. The van der Waals surface area contributed by atoms with Crippen molar-refractivity contribution in [1.82, 2.24) is 29.6 Å². The van der Waals surface area contributed by atoms with E-state index in [0.717, 1.165) is 17.0 Å². The Balaban J connectivity index is 2.07. The monoisotopic (exact) mass is 287 g/mol. The van der Waals surface area contributed by atoms with Crippen molar-refractivity contribution in [1.29, 1.82) is 0 Å². The molecule has 0 saturated carbocycles. The maximum Gasteiger partial charge on any atom is 0.203 e. The molecule has 0 aliphatic heterocycles. The van der Waals surface area contributed by atoms with E-state index in [1.54, 1.807) is 9.31 Å². The van der Waals surface area contributed by atoms with Crippen LogP contribution in [0.15, 0.2) is 10.2 Å². The van der Waals surface area contributed by atoms with Crippen molar-refractivity contribution in [2.45, 2.75) is 34.4 Å². The van der Waals surface area contributed by atoms with E-state index in [4.69, 9.17) is 5.73 Å². The second-order valence-corrected chi connectivity index (χ2v) is 4.90. The summed E-state index contributed by atoms with van der Waals surface area (Å²) in [4.78, 5) is 4.34. The lowest BCUT2D eigenvalue weighted by Crippen LogP contribution is -2.08. The predicted octanol–water partition coefficient (Wildman–Crippen LogP) is 1.82. The van der Waals surface area contributed by atoms with E-state index in [0.29, 0.717) is 23.0 Å². The fourth-order valence-electron chi connectivity index (χ4n) is 2.16. The van der Waals surface area contributed by atoms with E-state index < -0.39 is 0 Å². The Morgan fingerprint density at radius 2 is 1.90 bits per heavy atom. The number of fused-ring (bicyclic) bond motifs is 1. The van der Waals surface area contributed by atoms with Crippen molar-refractivity contribution >= 4 is 17.2 Å². The fourth-order valence-corrected chi connectivity index (χ4v) is 2.16. The summed E-state index contributed by atoms with van der Waals surface area (Å²) < 4.78 is 3.22. The van der Waals surface area contributed by atoms with Crippen LogP contribution in [0.1, 0.15) is 22.8 Å². The van der Waals surface area contributed by atoms with Gasteiger partial charge in [0.1, 0.15) is 5.82 Å². The molecule has 0 saturated heterocycles. The number of azo groups is 1. The van der Waals surface area contributed by atoms with Gasteiger partial charge in [0, 0.05) is 5.56 Å². The van der Waals surface area contributed by atoms with E-state index in [-0.39, 0.29) is 6.67 Å². The van der Waals surface area contributed by atoms with E-state index >= 15 is 0 Å². The number of aryl methyl sites for hydroxylation is 3. The molecule has 3 aromatic rings. The number of hydrogen-bond donors (Lipinski definition) is 2. The van der Waals surface area contributed by atoms with E-state index in [9.17, 15) is 0 Å². The first-order valence-electron chi connectivity index (χ1n) is 6.59. The summed E-state index contributed by atoms with van der Waals surface area (Å²) in [7, 11) is 0. The molecule has 0 spiro atoms. The maximum atomic E-state index is 5.67. The zero-order valence-electron chi connectivity index (χ0n) is 12.4. The molecule has 3 N–H and O–H groups in total. The summed E-state index contributed by atoms with van der Waals surface area (Å²) in [5, 5.41) is 20.2. The molecule has 9 nitrogen and oxygen atoms in total. The third-order valence-electron chi connectivity index (χ3n) is 3.36. The van der Waals surface area contributed by atoms with E-state index in [1.165, 1.54) is 0 Å². The Kier molecular flexibility index (Phi) is 3.05. The third-order valence-corrected chi connectivity index (χ3v) is 3.36. The molecule has 110 valence electrons. The number of nitrogens with two attached hydrogens (primary N) is 1. The summed E-state index contributed by atoms with van der Waals surface area (Å²) in [6.45, 7) is 7.85. The van der Waals surface area contributed by atoms with Gasteiger partial charge in [0.2, 0.25) is 5.65 Å². The van der Waals surface area contributed by atoms with Gasteiger partial charge in [-0.05, 0) is 27.7 Å². The largest absolute Gasteiger partial charge is 0.312 e. The molecule has 3 rings (SSSR count). The Morgan fingerprint density at radius 3 is 2.62 bits per heavy atom. The molecule has 21 heavy (non-hydrogen) atoms. The Labute approximate surface area is 120 Å². The van der Waals surface area contributed by atoms with Crippen LogP contribution in [-0.2, 0) is 6.67 Å². The number of H-pyrrole nitrogens is 1. The molecule has 3 heterocycles. The molecule has 0 fully saturated rings. The summed E-state index contributed by atoms with van der Waals surface area (Å²) in [5.41, 5.74) is 9.70. The lowest BCUT2D eigenvalue weighted by Gasteiger charge is -1.98. The van der Waals surface area contributed by atoms with Crippen LogP contribution in [0, 0.1) is 27.7 Å². The zero-order valence-corrected chi connectivity index (χ0v) is 12.4. The van der Waals surface area contributed by atoms with Crippen molar-refractivity contribution in [3.63, 3.8) is 0 Å². The van der Waals surface area contributed by atoms with Crippen LogP contribution in [0.25, 0.3) is 5.65 Å². The standard InChI is InChI=1S/C12H17N9/c1-6-7(2)17-20(5-13)11(6)16-15-10-8(3)18-21-12(10)14-9(4)19-21/h18H,5,13H2,1-4H3. The molecule has 9 heteroatoms. The minimum Gasteiger partial charge on any atom is -0.312 e. The summed E-state index contributed by atoms with van der Waals surface area (Å²) in [6, 6.07) is 0. The van der Waals surface area contributed by atoms with Crippen molar-refractivity contribution in [3.05, 3.63) is 22.8 Å². The van der Waals surface area contributed by atoms with Gasteiger partial charge in [-0.1, -0.05) is 0 Å². The van der Waals surface area contributed by atoms with Gasteiger partial charge in [-0.15, -0.1) is 15.3 Å². The molecule has 0 amide bonds. The van der Waals surface area contributed by atoms with E-state index in [1.807, 2.05) is 27.7 Å². The lowest BCUT2D eigenvalue weighted by molar-refractivity contribution is 0.633. The van der Waals surface area contributed by atoms with Crippen molar-refractivity contribution in [2.24, 2.45) is 16.0 Å². The average molecular weight is 287 g/mol. The molecule has 0 aliphatic carbocycles. The van der Waals surface area contributed by atoms with Crippen LogP contribution in [0.3, 0.4) is 0 Å². The van der Waals surface area contributed by atoms with Gasteiger partial charge < -0.3 is 5.73 Å². The third kappa shape index (κ3) is 2.11. The van der Waals surface area contributed by atoms with Crippen LogP contribution >= 0.6 is 0 Å². The minimum absolute atomic E-state index is 0.259. The molecule has 0 unspecified atom stereocenters. The van der Waals surface area contributed by atoms with Gasteiger partial charge in [0.15, 0.2) is 11.5 Å². The molecule has 0 aromatic carbocycles. The normalized spacial score (nSPS) is 12.0. The predicted molar refractivity (Wildman–Crippen MR) is 76.9 cm³/mol. The summed E-state index contributed by atoms with van der Waals surface area (Å²) in [5.74, 6) is 1.33. The van der Waals surface area contributed by atoms with Gasteiger partial charge >= 0.3 is 0 Å². The molecule has 0 radical (unpaired) electrons. The number of hydrogen-bond acceptors (Lipinski definition) is 6. The Hall–Kier alpha value is -2.55. The second-order valence-electron chi connectivity index (χ2n) is 4.90. The molecular formula is C12H17N9. The van der Waals surface area contributed by atoms with E-state index in [2.05, 4.69) is 30.5 Å². The van der Waals surface area contributed by atoms with Crippen molar-refractivity contribution in [2.75, 3.05) is 0 Å². The first-order valence-corrected chi connectivity index (χ1v) is 6.59. The van der Waals surface area contributed by atoms with Crippen LogP contribution in [-0.4, -0.2) is 29.6 Å². The van der Waals surface area contributed by atoms with Gasteiger partial charge in [0.05, 0.1) is 18.1 Å². The number of aromatic nitrogens is 6. The molecule has 0 atom stereocenters. The quantitative estimate of drug-likeness (QED) is 0.715. The highest BCUT2D eigenvalue weighted by molar-refractivity contribution is 5.66. The first kappa shape index (κ1) is 13.4. The number of nitrogens with zero attached hydrogens (tertiary/aromatic N) is 7. The van der Waals surface area contributed by atoms with Crippen LogP contribution < -0.4 is 5.73 Å². The summed E-state index contributed by atoms with van der Waals surface area (Å²) in [6.07, 6.45) is 0. The van der Waals surface area contributed by atoms with Crippen molar-refractivity contribution in [3.8, 4) is 0 Å². The first-order chi connectivity index (χ1) is 10.0. The van der Waals surface area contributed by atoms with Crippen LogP contribution in [0.4, 0.5) is 11.5 Å². The van der Waals surface area contributed by atoms with Gasteiger partial charge in [0.25, 0.3) is 0 Å². The van der Waals surface area contributed by atoms with Gasteiger partial charge in [-0.3, -0.25) is 5.10 Å². The maximum absolute atomic E-state index is 5.67. The Morgan fingerprint density at radius 1 is 1.14 bits per heavy atom. The van der Waals surface area contributed by atoms with Crippen LogP contribution in [0.5, 0.6) is 0 Å². The van der Waals surface area contributed by atoms with Crippen LogP contribution in [0.2, 0.25) is 0 Å². The molecular weight excluding hydrogens is 270 g/mol. The average Bonchev–Trinajstić information content (AvgIpc) is 3.01. The second kappa shape index (κ2) is 4.77. The smallest absolute Gasteiger partial charge is 0.203 e. The SMILES string of the molecule is Cc1nc2c(N=Nc3c(C)c(C)nn3CN)c(C)[nH]n2n1. The zero-order chi connectivity index (χ0) is 15.1. The highest BCUT2D eigenvalue weighted by Gasteiger charge is 2.14. The number of aromatic amines is 1. The fraction of sp³-hybridized carbons (Fsp3) is 0.417. The minimum atomic E-state index is 0.259. The summed E-state index contributed by atoms with van der Waals surface area (Å²) >= 11 is 0. The molecule has 0 bridgehead atoms. The van der Waals surface area contributed by atoms with Gasteiger partial charge in [-0.2, -0.15) is 9.73 Å². The topological polar surface area (TPSA) is 115 Å². The number of nitrogens with one attached hydrogen (secondary N) is 1. The highest BCUT2D eigenvalue weighted by atomic mass is 15.5.